The molecule has 136 valence electrons. The molecule has 0 spiro atoms. The Morgan fingerprint density at radius 2 is 1.85 bits per heavy atom. The van der Waals surface area contributed by atoms with E-state index in [9.17, 15) is 14.7 Å². The number of fused-ring (bicyclic) bond motifs is 2. The number of likely N-dealkylation sites (tertiary alicyclic amines) is 1. The van der Waals surface area contributed by atoms with Crippen LogP contribution in [0.15, 0.2) is 36.4 Å². The van der Waals surface area contributed by atoms with Crippen LogP contribution >= 0.6 is 0 Å². The smallest absolute Gasteiger partial charge is 0.326 e. The average Bonchev–Trinajstić information content (AvgIpc) is 3.06. The molecule has 4 rings (SSSR count). The first-order chi connectivity index (χ1) is 12.6. The molecule has 3 atom stereocenters. The zero-order valence-electron chi connectivity index (χ0n) is 14.9. The van der Waals surface area contributed by atoms with Crippen LogP contribution in [0.1, 0.15) is 42.5 Å². The largest absolute Gasteiger partial charge is 0.496 e. The summed E-state index contributed by atoms with van der Waals surface area (Å²) in [5.74, 6) is -0.162. The normalized spacial score (nSPS) is 25.1. The minimum Gasteiger partial charge on any atom is -0.496 e. The zero-order chi connectivity index (χ0) is 18.3. The maximum absolute atomic E-state index is 13.5. The van der Waals surface area contributed by atoms with Gasteiger partial charge in [0.15, 0.2) is 0 Å². The van der Waals surface area contributed by atoms with Gasteiger partial charge < -0.3 is 14.7 Å². The lowest BCUT2D eigenvalue weighted by Gasteiger charge is -2.33. The summed E-state index contributed by atoms with van der Waals surface area (Å²) in [6.45, 7) is 0. The van der Waals surface area contributed by atoms with Gasteiger partial charge in [-0.25, -0.2) is 4.79 Å². The van der Waals surface area contributed by atoms with Gasteiger partial charge in [-0.15, -0.1) is 0 Å². The second kappa shape index (κ2) is 6.63. The van der Waals surface area contributed by atoms with E-state index in [1.165, 1.54) is 0 Å². The predicted molar refractivity (Wildman–Crippen MR) is 98.5 cm³/mol. The second-order valence-electron chi connectivity index (χ2n) is 7.28. The van der Waals surface area contributed by atoms with E-state index in [0.29, 0.717) is 23.7 Å². The molecule has 1 N–H and O–H groups in total. The van der Waals surface area contributed by atoms with Crippen molar-refractivity contribution in [1.29, 1.82) is 0 Å². The molecule has 1 amide bonds. The molecule has 0 radical (unpaired) electrons. The van der Waals surface area contributed by atoms with Crippen LogP contribution in [0.2, 0.25) is 0 Å². The number of carboxylic acid groups (broad SMARTS) is 1. The Morgan fingerprint density at radius 3 is 2.58 bits per heavy atom. The van der Waals surface area contributed by atoms with Gasteiger partial charge in [-0.2, -0.15) is 0 Å². The van der Waals surface area contributed by atoms with Crippen molar-refractivity contribution in [2.75, 3.05) is 7.11 Å². The molecular weight excluding hydrogens is 330 g/mol. The van der Waals surface area contributed by atoms with Crippen molar-refractivity contribution in [3.8, 4) is 5.75 Å². The van der Waals surface area contributed by atoms with Crippen molar-refractivity contribution in [2.45, 2.75) is 44.2 Å². The van der Waals surface area contributed by atoms with Gasteiger partial charge in [0.05, 0.1) is 12.7 Å². The third-order valence-electron chi connectivity index (χ3n) is 5.92. The molecule has 5 nitrogen and oxygen atoms in total. The van der Waals surface area contributed by atoms with Crippen molar-refractivity contribution in [3.63, 3.8) is 0 Å². The Morgan fingerprint density at radius 1 is 1.12 bits per heavy atom. The van der Waals surface area contributed by atoms with Crippen LogP contribution in [-0.4, -0.2) is 41.1 Å². The third kappa shape index (κ3) is 2.62. The fourth-order valence-corrected chi connectivity index (χ4v) is 4.77. The molecule has 1 saturated heterocycles. The lowest BCUT2D eigenvalue weighted by atomic mass is 9.84. The van der Waals surface area contributed by atoms with E-state index in [1.54, 1.807) is 18.1 Å². The fraction of sp³-hybridized carbons (Fsp3) is 0.429. The first-order valence-corrected chi connectivity index (χ1v) is 9.23. The number of hydrogen-bond donors (Lipinski definition) is 1. The predicted octanol–water partition coefficient (Wildman–Crippen LogP) is 3.71. The summed E-state index contributed by atoms with van der Waals surface area (Å²) in [4.78, 5) is 27.0. The monoisotopic (exact) mass is 353 g/mol. The highest BCUT2D eigenvalue weighted by Crippen LogP contribution is 2.41. The van der Waals surface area contributed by atoms with E-state index in [4.69, 9.17) is 4.74 Å². The quantitative estimate of drug-likeness (QED) is 0.913. The van der Waals surface area contributed by atoms with Gasteiger partial charge in [0.25, 0.3) is 5.91 Å². The fourth-order valence-electron chi connectivity index (χ4n) is 4.77. The molecule has 0 unspecified atom stereocenters. The van der Waals surface area contributed by atoms with Crippen LogP contribution in [-0.2, 0) is 4.79 Å². The Hall–Kier alpha value is -2.56. The van der Waals surface area contributed by atoms with Gasteiger partial charge in [-0.3, -0.25) is 4.79 Å². The first-order valence-electron chi connectivity index (χ1n) is 9.23. The van der Waals surface area contributed by atoms with Crippen LogP contribution in [0.4, 0.5) is 0 Å². The van der Waals surface area contributed by atoms with E-state index in [2.05, 4.69) is 0 Å². The molecule has 2 fully saturated rings. The molecule has 26 heavy (non-hydrogen) atoms. The van der Waals surface area contributed by atoms with Crippen LogP contribution in [0.25, 0.3) is 10.8 Å². The Bertz CT molecular complexity index is 857. The van der Waals surface area contributed by atoms with E-state index in [0.717, 1.165) is 36.5 Å². The Balaban J connectivity index is 1.81. The van der Waals surface area contributed by atoms with Crippen LogP contribution < -0.4 is 4.74 Å². The summed E-state index contributed by atoms with van der Waals surface area (Å²) >= 11 is 0. The second-order valence-corrected chi connectivity index (χ2v) is 7.28. The molecule has 0 aromatic heterocycles. The highest BCUT2D eigenvalue weighted by molar-refractivity contribution is 6.10. The Kier molecular flexibility index (Phi) is 4.31. The number of carbonyl (C=O) groups excluding carboxylic acids is 1. The van der Waals surface area contributed by atoms with E-state index < -0.39 is 12.0 Å². The zero-order valence-corrected chi connectivity index (χ0v) is 14.9. The third-order valence-corrected chi connectivity index (χ3v) is 5.92. The molecule has 2 aromatic carbocycles. The van der Waals surface area contributed by atoms with E-state index in [-0.39, 0.29) is 11.9 Å². The van der Waals surface area contributed by atoms with Crippen LogP contribution in [0.5, 0.6) is 5.75 Å². The van der Waals surface area contributed by atoms with Crippen molar-refractivity contribution in [1.82, 2.24) is 4.90 Å². The number of aliphatic carboxylic acids is 1. The number of hydrogen-bond acceptors (Lipinski definition) is 3. The molecule has 5 heteroatoms. The maximum atomic E-state index is 13.5. The summed E-state index contributed by atoms with van der Waals surface area (Å²) < 4.78 is 5.47. The molecular formula is C21H23NO4. The topological polar surface area (TPSA) is 66.8 Å². The lowest BCUT2D eigenvalue weighted by molar-refractivity contribution is -0.141. The maximum Gasteiger partial charge on any atom is 0.326 e. The standard InChI is InChI=1S/C21H23NO4/c1-26-18-11-5-8-13-7-4-9-15(19(13)18)20(23)22-16-10-3-2-6-14(16)12-17(22)21(24)25/h4-5,7-9,11,14,16-17H,2-3,6,10,12H2,1H3,(H,24,25)/t14-,16-,17-/m0/s1. The van der Waals surface area contributed by atoms with Gasteiger partial charge in [0.1, 0.15) is 11.8 Å². The number of amides is 1. The number of ether oxygens (including phenoxy) is 1. The van der Waals surface area contributed by atoms with Gasteiger partial charge >= 0.3 is 5.97 Å². The minimum absolute atomic E-state index is 0.0299. The molecule has 0 bridgehead atoms. The van der Waals surface area contributed by atoms with Crippen molar-refractivity contribution in [2.24, 2.45) is 5.92 Å². The number of methoxy groups -OCH3 is 1. The summed E-state index contributed by atoms with van der Waals surface area (Å²) in [5.41, 5.74) is 0.525. The van der Waals surface area contributed by atoms with Crippen molar-refractivity contribution >= 4 is 22.6 Å². The average molecular weight is 353 g/mol. The number of carbonyl (C=O) groups is 2. The summed E-state index contributed by atoms with van der Waals surface area (Å²) in [7, 11) is 1.59. The number of benzene rings is 2. The molecule has 1 heterocycles. The summed E-state index contributed by atoms with van der Waals surface area (Å²) in [5, 5.41) is 11.4. The van der Waals surface area contributed by atoms with Gasteiger partial charge in [0.2, 0.25) is 0 Å². The van der Waals surface area contributed by atoms with Crippen LogP contribution in [0.3, 0.4) is 0 Å². The molecule has 1 aliphatic carbocycles. The molecule has 1 aliphatic heterocycles. The van der Waals surface area contributed by atoms with Gasteiger partial charge in [-0.1, -0.05) is 37.1 Å². The van der Waals surface area contributed by atoms with Crippen LogP contribution in [0, 0.1) is 5.92 Å². The Labute approximate surface area is 152 Å². The molecule has 2 aromatic rings. The first kappa shape index (κ1) is 16.9. The number of nitrogens with zero attached hydrogens (tertiary/aromatic N) is 1. The van der Waals surface area contributed by atoms with Crippen molar-refractivity contribution in [3.05, 3.63) is 42.0 Å². The highest BCUT2D eigenvalue weighted by Gasteiger charge is 2.47. The number of carboxylic acids is 1. The number of rotatable bonds is 3. The van der Waals surface area contributed by atoms with Gasteiger partial charge in [-0.05, 0) is 42.7 Å². The summed E-state index contributed by atoms with van der Waals surface area (Å²) in [6, 6.07) is 10.5. The minimum atomic E-state index is -0.903. The lowest BCUT2D eigenvalue weighted by Crippen LogP contribution is -2.46. The highest BCUT2D eigenvalue weighted by atomic mass is 16.5. The van der Waals surface area contributed by atoms with Gasteiger partial charge in [0, 0.05) is 11.4 Å². The summed E-state index contributed by atoms with van der Waals surface area (Å²) in [6.07, 6.45) is 4.64. The van der Waals surface area contributed by atoms with E-state index >= 15 is 0 Å². The van der Waals surface area contributed by atoms with Crippen molar-refractivity contribution < 1.29 is 19.4 Å². The SMILES string of the molecule is COc1cccc2cccc(C(=O)N3[C@H](C(=O)O)C[C@@H]4CCCC[C@@H]43)c12. The molecule has 2 aliphatic rings. The molecule has 1 saturated carbocycles. The van der Waals surface area contributed by atoms with E-state index in [1.807, 2.05) is 30.3 Å².